The van der Waals surface area contributed by atoms with Gasteiger partial charge in [0, 0.05) is 32.7 Å². The maximum atomic E-state index is 13.1. The van der Waals surface area contributed by atoms with E-state index in [1.54, 1.807) is 30.3 Å². The number of hydrogen-bond acceptors (Lipinski definition) is 5. The van der Waals surface area contributed by atoms with Crippen LogP contribution in [0.4, 0.5) is 0 Å². The molecule has 0 aromatic heterocycles. The fourth-order valence-electron chi connectivity index (χ4n) is 4.35. The molecule has 2 saturated heterocycles. The summed E-state index contributed by atoms with van der Waals surface area (Å²) in [6.07, 6.45) is 2.14. The minimum Gasteiger partial charge on any atom is -0.379 e. The summed E-state index contributed by atoms with van der Waals surface area (Å²) in [5.41, 5.74) is 2.21. The molecule has 8 heteroatoms. The van der Waals surface area contributed by atoms with Crippen LogP contribution in [0.25, 0.3) is 0 Å². The Labute approximate surface area is 190 Å². The first kappa shape index (κ1) is 22.9. The van der Waals surface area contributed by atoms with E-state index >= 15 is 0 Å². The van der Waals surface area contributed by atoms with E-state index in [1.165, 1.54) is 9.87 Å². The summed E-state index contributed by atoms with van der Waals surface area (Å²) in [6, 6.07) is 15.9. The topological polar surface area (TPSA) is 79.0 Å². The first-order chi connectivity index (χ1) is 15.5. The van der Waals surface area contributed by atoms with Gasteiger partial charge < -0.3 is 10.1 Å². The molecule has 172 valence electrons. The average Bonchev–Trinajstić information content (AvgIpc) is 2.84. The van der Waals surface area contributed by atoms with E-state index in [9.17, 15) is 13.2 Å². The molecule has 2 heterocycles. The minimum atomic E-state index is -3.71. The van der Waals surface area contributed by atoms with Gasteiger partial charge in [-0.05, 0) is 36.1 Å². The van der Waals surface area contributed by atoms with Crippen molar-refractivity contribution < 1.29 is 17.9 Å². The van der Waals surface area contributed by atoms with Gasteiger partial charge in [-0.3, -0.25) is 9.69 Å². The van der Waals surface area contributed by atoms with Gasteiger partial charge in [0.1, 0.15) is 6.04 Å². The molecule has 4 rings (SSSR count). The molecule has 0 saturated carbocycles. The van der Waals surface area contributed by atoms with Crippen molar-refractivity contribution in [1.82, 2.24) is 14.5 Å². The molecule has 2 aliphatic heterocycles. The number of benzene rings is 2. The molecule has 1 unspecified atom stereocenters. The van der Waals surface area contributed by atoms with Crippen molar-refractivity contribution in [1.29, 1.82) is 0 Å². The van der Waals surface area contributed by atoms with Crippen molar-refractivity contribution in [2.24, 2.45) is 0 Å². The summed E-state index contributed by atoms with van der Waals surface area (Å²) in [5.74, 6) is -0.234. The van der Waals surface area contributed by atoms with E-state index in [2.05, 4.69) is 22.3 Å². The van der Waals surface area contributed by atoms with Crippen molar-refractivity contribution in [3.8, 4) is 0 Å². The number of ether oxygens (including phenoxy) is 1. The van der Waals surface area contributed by atoms with Gasteiger partial charge in [-0.2, -0.15) is 4.31 Å². The molecule has 2 aliphatic rings. The van der Waals surface area contributed by atoms with Gasteiger partial charge in [0.15, 0.2) is 0 Å². The zero-order chi connectivity index (χ0) is 22.4. The molecule has 0 aliphatic carbocycles. The van der Waals surface area contributed by atoms with Gasteiger partial charge in [0.2, 0.25) is 15.9 Å². The molecule has 1 N–H and O–H groups in total. The van der Waals surface area contributed by atoms with E-state index < -0.39 is 16.1 Å². The lowest BCUT2D eigenvalue weighted by Crippen LogP contribution is -2.51. The third kappa shape index (κ3) is 5.56. The van der Waals surface area contributed by atoms with E-state index in [0.29, 0.717) is 19.5 Å². The molecule has 0 bridgehead atoms. The molecule has 0 radical (unpaired) electrons. The molecule has 32 heavy (non-hydrogen) atoms. The molecule has 2 aromatic carbocycles. The number of piperidine rings is 1. The smallest absolute Gasteiger partial charge is 0.243 e. The number of carbonyl (C=O) groups is 1. The highest BCUT2D eigenvalue weighted by Gasteiger charge is 2.37. The second-order valence-corrected chi connectivity index (χ2v) is 10.3. The fourth-order valence-corrected chi connectivity index (χ4v) is 6.02. The highest BCUT2D eigenvalue weighted by molar-refractivity contribution is 7.89. The van der Waals surface area contributed by atoms with Crippen LogP contribution in [0.5, 0.6) is 0 Å². The monoisotopic (exact) mass is 457 g/mol. The van der Waals surface area contributed by atoms with Crippen molar-refractivity contribution in [3.05, 3.63) is 65.7 Å². The fraction of sp³-hybridized carbons (Fsp3) is 0.458. The molecule has 1 amide bonds. The minimum absolute atomic E-state index is 0.232. The Morgan fingerprint density at radius 2 is 1.72 bits per heavy atom. The van der Waals surface area contributed by atoms with Crippen LogP contribution in [-0.4, -0.2) is 62.4 Å². The predicted molar refractivity (Wildman–Crippen MR) is 122 cm³/mol. The number of nitrogens with zero attached hydrogens (tertiary/aromatic N) is 2. The number of nitrogens with one attached hydrogen (secondary N) is 1. The maximum Gasteiger partial charge on any atom is 0.243 e. The van der Waals surface area contributed by atoms with Gasteiger partial charge in [-0.15, -0.1) is 0 Å². The Balaban J connectivity index is 1.40. The highest BCUT2D eigenvalue weighted by Crippen LogP contribution is 2.25. The Morgan fingerprint density at radius 1 is 0.969 bits per heavy atom. The van der Waals surface area contributed by atoms with Crippen LogP contribution in [0.15, 0.2) is 59.5 Å². The van der Waals surface area contributed by atoms with Crippen LogP contribution < -0.4 is 5.32 Å². The van der Waals surface area contributed by atoms with Gasteiger partial charge in [-0.1, -0.05) is 48.9 Å². The van der Waals surface area contributed by atoms with Gasteiger partial charge in [-0.25, -0.2) is 8.42 Å². The second kappa shape index (κ2) is 10.6. The summed E-state index contributed by atoms with van der Waals surface area (Å²) < 4.78 is 33.1. The molecule has 7 nitrogen and oxygen atoms in total. The van der Waals surface area contributed by atoms with Gasteiger partial charge >= 0.3 is 0 Å². The van der Waals surface area contributed by atoms with E-state index in [-0.39, 0.29) is 10.8 Å². The van der Waals surface area contributed by atoms with Crippen LogP contribution >= 0.6 is 0 Å². The number of sulfonamides is 1. The SMILES string of the molecule is O=C(NCc1cccc(CN2CCOCC2)c1)C1CCCCN1S(=O)(=O)c1ccccc1. The molecule has 0 spiro atoms. The van der Waals surface area contributed by atoms with E-state index in [0.717, 1.165) is 51.3 Å². The third-order valence-electron chi connectivity index (χ3n) is 6.07. The quantitative estimate of drug-likeness (QED) is 0.691. The highest BCUT2D eigenvalue weighted by atomic mass is 32.2. The van der Waals surface area contributed by atoms with Crippen molar-refractivity contribution in [2.75, 3.05) is 32.8 Å². The first-order valence-electron chi connectivity index (χ1n) is 11.3. The lowest BCUT2D eigenvalue weighted by atomic mass is 10.0. The Kier molecular flexibility index (Phi) is 7.57. The van der Waals surface area contributed by atoms with Crippen LogP contribution in [-0.2, 0) is 32.6 Å². The normalized spacial score (nSPS) is 20.7. The van der Waals surface area contributed by atoms with Crippen molar-refractivity contribution >= 4 is 15.9 Å². The lowest BCUT2D eigenvalue weighted by Gasteiger charge is -2.33. The summed E-state index contributed by atoms with van der Waals surface area (Å²) in [7, 11) is -3.71. The van der Waals surface area contributed by atoms with Gasteiger partial charge in [0.05, 0.1) is 18.1 Å². The summed E-state index contributed by atoms with van der Waals surface area (Å²) in [6.45, 7) is 4.98. The van der Waals surface area contributed by atoms with E-state index in [1.807, 2.05) is 12.1 Å². The summed E-state index contributed by atoms with van der Waals surface area (Å²) >= 11 is 0. The molecular formula is C24H31N3O4S. The summed E-state index contributed by atoms with van der Waals surface area (Å²) in [4.78, 5) is 15.6. The number of carbonyl (C=O) groups excluding carboxylic acids is 1. The number of hydrogen-bond donors (Lipinski definition) is 1. The molecule has 2 aromatic rings. The van der Waals surface area contributed by atoms with Crippen LogP contribution in [0.3, 0.4) is 0 Å². The zero-order valence-electron chi connectivity index (χ0n) is 18.3. The Hall–Kier alpha value is -2.26. The van der Waals surface area contributed by atoms with Crippen LogP contribution in [0.1, 0.15) is 30.4 Å². The summed E-state index contributed by atoms with van der Waals surface area (Å²) in [5, 5.41) is 2.97. The first-order valence-corrected chi connectivity index (χ1v) is 12.7. The zero-order valence-corrected chi connectivity index (χ0v) is 19.1. The largest absolute Gasteiger partial charge is 0.379 e. The van der Waals surface area contributed by atoms with E-state index in [4.69, 9.17) is 4.74 Å². The Bertz CT molecular complexity index is 1010. The van der Waals surface area contributed by atoms with Gasteiger partial charge in [0.25, 0.3) is 0 Å². The predicted octanol–water partition coefficient (Wildman–Crippen LogP) is 2.38. The average molecular weight is 458 g/mol. The van der Waals surface area contributed by atoms with Crippen LogP contribution in [0, 0.1) is 0 Å². The van der Waals surface area contributed by atoms with Crippen molar-refractivity contribution in [2.45, 2.75) is 43.3 Å². The molecular weight excluding hydrogens is 426 g/mol. The third-order valence-corrected chi connectivity index (χ3v) is 8.00. The second-order valence-electron chi connectivity index (χ2n) is 8.37. The molecule has 1 atom stereocenters. The van der Waals surface area contributed by atoms with Crippen LogP contribution in [0.2, 0.25) is 0 Å². The standard InChI is InChI=1S/C24H31N3O4S/c28-24(23-11-4-5-12-27(23)32(29,30)22-9-2-1-3-10-22)25-18-20-7-6-8-21(17-20)19-26-13-15-31-16-14-26/h1-3,6-10,17,23H,4-5,11-16,18-19H2,(H,25,28). The maximum absolute atomic E-state index is 13.1. The lowest BCUT2D eigenvalue weighted by molar-refractivity contribution is -0.125. The Morgan fingerprint density at radius 3 is 2.50 bits per heavy atom. The number of amides is 1. The van der Waals surface area contributed by atoms with Crippen molar-refractivity contribution in [3.63, 3.8) is 0 Å². The molecule has 2 fully saturated rings. The number of morpholine rings is 1. The number of rotatable bonds is 7.